The molecule has 0 bridgehead atoms. The highest BCUT2D eigenvalue weighted by Gasteiger charge is 2.11. The Morgan fingerprint density at radius 2 is 1.93 bits per heavy atom. The second-order valence-corrected chi connectivity index (χ2v) is 5.10. The van der Waals surface area contributed by atoms with Gasteiger partial charge >= 0.3 is 0 Å². The number of aryl methyl sites for hydroxylation is 2. The third-order valence-corrected chi connectivity index (χ3v) is 3.76. The number of benzene rings is 1. The quantitative estimate of drug-likeness (QED) is 0.732. The van der Waals surface area contributed by atoms with E-state index in [1.54, 1.807) is 11.1 Å². The fraction of sp³-hybridized carbons (Fsp3) is 0.571. The molecule has 0 fully saturated rings. The second kappa shape index (κ2) is 5.07. The first-order valence-electron chi connectivity index (χ1n) is 6.04. The Labute approximate surface area is 98.5 Å². The number of thiol groups is 1. The summed E-state index contributed by atoms with van der Waals surface area (Å²) in [5.41, 5.74) is 4.69. The molecule has 2 rings (SSSR count). The molecule has 1 aromatic carbocycles. The number of hydrogen-bond acceptors (Lipinski definition) is 1. The van der Waals surface area contributed by atoms with Crippen molar-refractivity contribution in [3.05, 3.63) is 34.9 Å². The molecule has 0 amide bonds. The zero-order valence-corrected chi connectivity index (χ0v) is 10.4. The number of fused-ring (bicyclic) bond motifs is 1. The van der Waals surface area contributed by atoms with Gasteiger partial charge in [-0.1, -0.05) is 25.1 Å². The zero-order chi connectivity index (χ0) is 10.7. The largest absolute Gasteiger partial charge is 0.179 e. The van der Waals surface area contributed by atoms with E-state index in [9.17, 15) is 0 Å². The molecule has 0 aromatic heterocycles. The molecule has 0 radical (unpaired) electrons. The minimum atomic E-state index is 0.662. The van der Waals surface area contributed by atoms with Crippen LogP contribution in [0.4, 0.5) is 0 Å². The number of hydrogen-bond donors (Lipinski definition) is 1. The molecule has 0 saturated heterocycles. The predicted octanol–water partition coefficient (Wildman–Crippen LogP) is 3.99. The van der Waals surface area contributed by atoms with Gasteiger partial charge in [0.05, 0.1) is 0 Å². The fourth-order valence-corrected chi connectivity index (χ4v) is 2.81. The first-order valence-corrected chi connectivity index (χ1v) is 6.67. The van der Waals surface area contributed by atoms with E-state index >= 15 is 0 Å². The first kappa shape index (κ1) is 11.1. The van der Waals surface area contributed by atoms with Gasteiger partial charge in [-0.3, -0.25) is 0 Å². The lowest BCUT2D eigenvalue weighted by Crippen LogP contribution is -2.04. The lowest BCUT2D eigenvalue weighted by atomic mass is 9.87. The van der Waals surface area contributed by atoms with Gasteiger partial charge in [-0.05, 0) is 60.5 Å². The van der Waals surface area contributed by atoms with Gasteiger partial charge in [0.1, 0.15) is 0 Å². The average molecular weight is 220 g/mol. The Hall–Kier alpha value is -0.430. The molecule has 82 valence electrons. The average Bonchev–Trinajstić information content (AvgIpc) is 2.29. The van der Waals surface area contributed by atoms with Crippen LogP contribution in [0.15, 0.2) is 18.2 Å². The van der Waals surface area contributed by atoms with Crippen LogP contribution in [0, 0.1) is 0 Å². The molecule has 0 nitrogen and oxygen atoms in total. The Bertz CT molecular complexity index is 330. The van der Waals surface area contributed by atoms with Gasteiger partial charge in [-0.2, -0.15) is 12.6 Å². The molecule has 1 aliphatic carbocycles. The molecular weight excluding hydrogens is 200 g/mol. The van der Waals surface area contributed by atoms with E-state index in [2.05, 4.69) is 37.8 Å². The maximum absolute atomic E-state index is 4.31. The van der Waals surface area contributed by atoms with E-state index in [4.69, 9.17) is 0 Å². The summed E-state index contributed by atoms with van der Waals surface area (Å²) in [7, 11) is 0. The van der Waals surface area contributed by atoms with Crippen molar-refractivity contribution in [2.24, 2.45) is 0 Å². The molecule has 1 aromatic rings. The molecule has 15 heavy (non-hydrogen) atoms. The summed E-state index contributed by atoms with van der Waals surface area (Å²) in [4.78, 5) is 0. The third-order valence-electron chi connectivity index (χ3n) is 3.50. The van der Waals surface area contributed by atoms with E-state index in [0.29, 0.717) is 5.92 Å². The molecule has 0 aliphatic heterocycles. The maximum Gasteiger partial charge on any atom is -0.00922 e. The van der Waals surface area contributed by atoms with Crippen LogP contribution >= 0.6 is 12.6 Å². The van der Waals surface area contributed by atoms with E-state index < -0.39 is 0 Å². The zero-order valence-electron chi connectivity index (χ0n) is 9.50. The minimum Gasteiger partial charge on any atom is -0.179 e. The van der Waals surface area contributed by atoms with Crippen molar-refractivity contribution in [2.75, 3.05) is 5.75 Å². The lowest BCUT2D eigenvalue weighted by molar-refractivity contribution is 0.678. The SMILES string of the molecule is CC(CCS)c1ccc2c(c1)CCCC2. The summed E-state index contributed by atoms with van der Waals surface area (Å²) in [6.45, 7) is 2.31. The Morgan fingerprint density at radius 3 is 2.67 bits per heavy atom. The van der Waals surface area contributed by atoms with Crippen molar-refractivity contribution in [2.45, 2.75) is 44.9 Å². The van der Waals surface area contributed by atoms with E-state index in [-0.39, 0.29) is 0 Å². The summed E-state index contributed by atoms with van der Waals surface area (Å²) >= 11 is 4.31. The first-order chi connectivity index (χ1) is 7.31. The van der Waals surface area contributed by atoms with Crippen LogP contribution in [0.2, 0.25) is 0 Å². The van der Waals surface area contributed by atoms with Gasteiger partial charge in [-0.15, -0.1) is 0 Å². The molecule has 1 heteroatoms. The summed E-state index contributed by atoms with van der Waals surface area (Å²) in [5.74, 6) is 1.65. The van der Waals surface area contributed by atoms with Gasteiger partial charge < -0.3 is 0 Å². The molecule has 0 saturated carbocycles. The molecule has 1 aliphatic rings. The Balaban J connectivity index is 2.20. The fourth-order valence-electron chi connectivity index (χ4n) is 2.42. The van der Waals surface area contributed by atoms with Crippen LogP contribution < -0.4 is 0 Å². The second-order valence-electron chi connectivity index (χ2n) is 4.65. The minimum absolute atomic E-state index is 0.662. The van der Waals surface area contributed by atoms with Crippen molar-refractivity contribution in [3.63, 3.8) is 0 Å². The van der Waals surface area contributed by atoms with Crippen LogP contribution in [0.3, 0.4) is 0 Å². The monoisotopic (exact) mass is 220 g/mol. The van der Waals surface area contributed by atoms with Crippen LogP contribution in [0.1, 0.15) is 48.8 Å². The highest BCUT2D eigenvalue weighted by molar-refractivity contribution is 7.80. The van der Waals surface area contributed by atoms with E-state index in [0.717, 1.165) is 5.75 Å². The van der Waals surface area contributed by atoms with Crippen molar-refractivity contribution in [1.82, 2.24) is 0 Å². The van der Waals surface area contributed by atoms with Gasteiger partial charge in [0, 0.05) is 0 Å². The highest BCUT2D eigenvalue weighted by Crippen LogP contribution is 2.26. The highest BCUT2D eigenvalue weighted by atomic mass is 32.1. The molecule has 1 atom stereocenters. The summed E-state index contributed by atoms with van der Waals surface area (Å²) in [6.07, 6.45) is 6.51. The molecule has 0 N–H and O–H groups in total. The predicted molar refractivity (Wildman–Crippen MR) is 70.0 cm³/mol. The van der Waals surface area contributed by atoms with Gasteiger partial charge in [0.25, 0.3) is 0 Å². The standard InChI is InChI=1S/C14H20S/c1-11(8-9-15)13-7-6-12-4-2-3-5-14(12)10-13/h6-7,10-11,15H,2-5,8-9H2,1H3. The van der Waals surface area contributed by atoms with Crippen LogP contribution in [0.25, 0.3) is 0 Å². The maximum atomic E-state index is 4.31. The van der Waals surface area contributed by atoms with Crippen LogP contribution in [-0.4, -0.2) is 5.75 Å². The van der Waals surface area contributed by atoms with Crippen molar-refractivity contribution >= 4 is 12.6 Å². The molecule has 0 spiro atoms. The van der Waals surface area contributed by atoms with Crippen molar-refractivity contribution in [1.29, 1.82) is 0 Å². The third kappa shape index (κ3) is 2.57. The molecular formula is C14H20S. The van der Waals surface area contributed by atoms with E-state index in [1.807, 2.05) is 0 Å². The molecule has 0 heterocycles. The van der Waals surface area contributed by atoms with Crippen molar-refractivity contribution in [3.8, 4) is 0 Å². The Kier molecular flexibility index (Phi) is 3.74. The Morgan fingerprint density at radius 1 is 1.20 bits per heavy atom. The van der Waals surface area contributed by atoms with Gasteiger partial charge in [0.15, 0.2) is 0 Å². The van der Waals surface area contributed by atoms with Crippen molar-refractivity contribution < 1.29 is 0 Å². The lowest BCUT2D eigenvalue weighted by Gasteiger charge is -2.18. The summed E-state index contributed by atoms with van der Waals surface area (Å²) < 4.78 is 0. The summed E-state index contributed by atoms with van der Waals surface area (Å²) in [6, 6.07) is 7.10. The molecule has 1 unspecified atom stereocenters. The smallest absolute Gasteiger partial charge is 0.00922 e. The van der Waals surface area contributed by atoms with Crippen LogP contribution in [-0.2, 0) is 12.8 Å². The van der Waals surface area contributed by atoms with Gasteiger partial charge in [0.2, 0.25) is 0 Å². The summed E-state index contributed by atoms with van der Waals surface area (Å²) in [5, 5.41) is 0. The van der Waals surface area contributed by atoms with Crippen LogP contribution in [0.5, 0.6) is 0 Å². The normalized spacial score (nSPS) is 17.2. The van der Waals surface area contributed by atoms with E-state index in [1.165, 1.54) is 37.7 Å². The number of rotatable bonds is 3. The van der Waals surface area contributed by atoms with Gasteiger partial charge in [-0.25, -0.2) is 0 Å². The topological polar surface area (TPSA) is 0 Å².